The van der Waals surface area contributed by atoms with Gasteiger partial charge in [0.15, 0.2) is 0 Å². The molecular weight excluding hydrogens is 376 g/mol. The molecule has 2 aliphatic rings. The van der Waals surface area contributed by atoms with Crippen LogP contribution in [0, 0.1) is 5.92 Å². The van der Waals surface area contributed by atoms with Crippen LogP contribution in [0.4, 0.5) is 11.6 Å². The number of ether oxygens (including phenoxy) is 1. The van der Waals surface area contributed by atoms with Crippen LogP contribution < -0.4 is 16.0 Å². The van der Waals surface area contributed by atoms with Crippen molar-refractivity contribution in [2.24, 2.45) is 5.92 Å². The van der Waals surface area contributed by atoms with E-state index in [9.17, 15) is 0 Å². The second-order valence-electron chi connectivity index (χ2n) is 8.74. The summed E-state index contributed by atoms with van der Waals surface area (Å²) in [5.74, 6) is 1.53. The summed E-state index contributed by atoms with van der Waals surface area (Å²) in [5.41, 5.74) is 2.83. The van der Waals surface area contributed by atoms with Gasteiger partial charge in [0.25, 0.3) is 0 Å². The van der Waals surface area contributed by atoms with Gasteiger partial charge < -0.3 is 20.7 Å². The molecule has 7 nitrogen and oxygen atoms in total. The van der Waals surface area contributed by atoms with Gasteiger partial charge in [0.2, 0.25) is 5.95 Å². The summed E-state index contributed by atoms with van der Waals surface area (Å²) < 4.78 is 5.23. The Hall–Kier alpha value is -2.25. The number of hydrogen-bond acceptors (Lipinski definition) is 7. The van der Waals surface area contributed by atoms with E-state index >= 15 is 0 Å². The van der Waals surface area contributed by atoms with Gasteiger partial charge in [-0.1, -0.05) is 0 Å². The van der Waals surface area contributed by atoms with Gasteiger partial charge in [-0.3, -0.25) is 4.98 Å². The summed E-state index contributed by atoms with van der Waals surface area (Å²) in [4.78, 5) is 13.7. The van der Waals surface area contributed by atoms with E-state index < -0.39 is 0 Å². The maximum atomic E-state index is 5.23. The summed E-state index contributed by atoms with van der Waals surface area (Å²) in [6.45, 7) is 3.98. The summed E-state index contributed by atoms with van der Waals surface area (Å²) in [6, 6.07) is 7.40. The number of nitrogens with one attached hydrogen (secondary N) is 3. The van der Waals surface area contributed by atoms with Crippen LogP contribution in [0.5, 0.6) is 0 Å². The third kappa shape index (κ3) is 6.12. The lowest BCUT2D eigenvalue weighted by Crippen LogP contribution is -2.43. The Labute approximate surface area is 179 Å². The number of anilines is 2. The highest BCUT2D eigenvalue weighted by molar-refractivity contribution is 5.61. The second-order valence-corrected chi connectivity index (χ2v) is 8.74. The van der Waals surface area contributed by atoms with Crippen LogP contribution in [0.1, 0.15) is 45.4 Å². The fourth-order valence-corrected chi connectivity index (χ4v) is 4.12. The van der Waals surface area contributed by atoms with Crippen molar-refractivity contribution in [2.75, 3.05) is 30.9 Å². The summed E-state index contributed by atoms with van der Waals surface area (Å²) in [7, 11) is 1.75. The smallest absolute Gasteiger partial charge is 0.223 e. The molecule has 0 radical (unpaired) electrons. The number of rotatable bonds is 10. The second kappa shape index (κ2) is 10.2. The molecule has 2 aromatic rings. The molecule has 0 amide bonds. The van der Waals surface area contributed by atoms with Gasteiger partial charge in [0, 0.05) is 49.9 Å². The summed E-state index contributed by atoms with van der Waals surface area (Å²) in [6.07, 6.45) is 10.9. The first-order valence-corrected chi connectivity index (χ1v) is 11.2. The predicted molar refractivity (Wildman–Crippen MR) is 121 cm³/mol. The minimum Gasteiger partial charge on any atom is -0.385 e. The van der Waals surface area contributed by atoms with E-state index in [2.05, 4.69) is 38.9 Å². The topological polar surface area (TPSA) is 84.0 Å². The van der Waals surface area contributed by atoms with Gasteiger partial charge >= 0.3 is 0 Å². The average Bonchev–Trinajstić information content (AvgIpc) is 3.59. The van der Waals surface area contributed by atoms with Gasteiger partial charge in [0.1, 0.15) is 0 Å². The molecule has 0 aliphatic heterocycles. The quantitative estimate of drug-likeness (QED) is 0.551. The van der Waals surface area contributed by atoms with E-state index in [0.717, 1.165) is 61.8 Å². The molecule has 2 aliphatic carbocycles. The van der Waals surface area contributed by atoms with Gasteiger partial charge in [-0.2, -0.15) is 0 Å². The molecular formula is C23H34N6O. The average molecular weight is 411 g/mol. The van der Waals surface area contributed by atoms with Crippen molar-refractivity contribution in [1.82, 2.24) is 20.3 Å². The van der Waals surface area contributed by atoms with Crippen molar-refractivity contribution in [1.29, 1.82) is 0 Å². The summed E-state index contributed by atoms with van der Waals surface area (Å²) in [5, 5.41) is 10.7. The Balaban J connectivity index is 1.31. The monoisotopic (exact) mass is 410 g/mol. The van der Waals surface area contributed by atoms with Crippen LogP contribution >= 0.6 is 0 Å². The summed E-state index contributed by atoms with van der Waals surface area (Å²) >= 11 is 0. The van der Waals surface area contributed by atoms with Crippen molar-refractivity contribution < 1.29 is 4.74 Å². The van der Waals surface area contributed by atoms with Crippen LogP contribution in [0.2, 0.25) is 0 Å². The number of hydrogen-bond donors (Lipinski definition) is 3. The SMILES string of the molecule is COCC(C)NC1CCC(Nc2nccc(-c3cc(NCC4CC4)ccn3)n2)CC1. The van der Waals surface area contributed by atoms with E-state index in [0.29, 0.717) is 24.1 Å². The number of methoxy groups -OCH3 is 1. The zero-order valence-electron chi connectivity index (χ0n) is 18.1. The molecule has 30 heavy (non-hydrogen) atoms. The molecule has 0 saturated heterocycles. The Morgan fingerprint density at radius 1 is 1.00 bits per heavy atom. The predicted octanol–water partition coefficient (Wildman–Crippen LogP) is 3.71. The first-order chi connectivity index (χ1) is 14.7. The minimum atomic E-state index is 0.395. The van der Waals surface area contributed by atoms with Crippen molar-refractivity contribution in [3.8, 4) is 11.4 Å². The van der Waals surface area contributed by atoms with Crippen LogP contribution in [-0.4, -0.2) is 53.3 Å². The minimum absolute atomic E-state index is 0.395. The van der Waals surface area contributed by atoms with Gasteiger partial charge in [-0.05, 0) is 69.6 Å². The molecule has 7 heteroatoms. The molecule has 0 aromatic carbocycles. The largest absolute Gasteiger partial charge is 0.385 e. The fourth-order valence-electron chi connectivity index (χ4n) is 4.12. The van der Waals surface area contributed by atoms with Crippen molar-refractivity contribution in [3.05, 3.63) is 30.6 Å². The fraction of sp³-hybridized carbons (Fsp3) is 0.609. The first kappa shape index (κ1) is 21.0. The highest BCUT2D eigenvalue weighted by atomic mass is 16.5. The zero-order chi connectivity index (χ0) is 20.8. The lowest BCUT2D eigenvalue weighted by Gasteiger charge is -2.31. The van der Waals surface area contributed by atoms with E-state index in [4.69, 9.17) is 9.72 Å². The van der Waals surface area contributed by atoms with Gasteiger partial charge in [-0.25, -0.2) is 9.97 Å². The lowest BCUT2D eigenvalue weighted by atomic mass is 9.91. The van der Waals surface area contributed by atoms with Crippen LogP contribution in [-0.2, 0) is 4.74 Å². The Bertz CT molecular complexity index is 804. The molecule has 2 heterocycles. The molecule has 1 atom stereocenters. The standard InChI is InChI=1S/C23H34N6O/c1-16(15-30-2)27-18-5-7-19(8-6-18)28-23-25-12-10-21(29-23)22-13-20(9-11-24-22)26-14-17-3-4-17/h9-13,16-19,27H,3-8,14-15H2,1-2H3,(H,24,26)(H,25,28,29). The van der Waals surface area contributed by atoms with Crippen LogP contribution in [0.3, 0.4) is 0 Å². The third-order valence-corrected chi connectivity index (χ3v) is 5.97. The Kier molecular flexibility index (Phi) is 7.12. The van der Waals surface area contributed by atoms with E-state index in [-0.39, 0.29) is 0 Å². The Morgan fingerprint density at radius 2 is 1.77 bits per heavy atom. The molecule has 0 spiro atoms. The number of pyridine rings is 1. The molecule has 2 fully saturated rings. The maximum Gasteiger partial charge on any atom is 0.223 e. The molecule has 4 rings (SSSR count). The zero-order valence-corrected chi connectivity index (χ0v) is 18.1. The van der Waals surface area contributed by atoms with E-state index in [1.165, 1.54) is 12.8 Å². The Morgan fingerprint density at radius 3 is 2.53 bits per heavy atom. The molecule has 162 valence electrons. The van der Waals surface area contributed by atoms with Crippen LogP contribution in [0.25, 0.3) is 11.4 Å². The number of aromatic nitrogens is 3. The lowest BCUT2D eigenvalue weighted by molar-refractivity contribution is 0.161. The molecule has 2 saturated carbocycles. The maximum absolute atomic E-state index is 5.23. The van der Waals surface area contributed by atoms with Gasteiger partial charge in [-0.15, -0.1) is 0 Å². The van der Waals surface area contributed by atoms with E-state index in [1.807, 2.05) is 24.5 Å². The van der Waals surface area contributed by atoms with Crippen LogP contribution in [0.15, 0.2) is 30.6 Å². The number of nitrogens with zero attached hydrogens (tertiary/aromatic N) is 3. The molecule has 0 bridgehead atoms. The van der Waals surface area contributed by atoms with Crippen molar-refractivity contribution in [3.63, 3.8) is 0 Å². The van der Waals surface area contributed by atoms with E-state index in [1.54, 1.807) is 7.11 Å². The highest BCUT2D eigenvalue weighted by Crippen LogP contribution is 2.29. The molecule has 3 N–H and O–H groups in total. The van der Waals surface area contributed by atoms with Crippen molar-refractivity contribution >= 4 is 11.6 Å². The van der Waals surface area contributed by atoms with Gasteiger partial charge in [0.05, 0.1) is 18.0 Å². The molecule has 2 aromatic heterocycles. The first-order valence-electron chi connectivity index (χ1n) is 11.2. The third-order valence-electron chi connectivity index (χ3n) is 5.97. The normalized spacial score (nSPS) is 22.5. The molecule has 1 unspecified atom stereocenters. The highest BCUT2D eigenvalue weighted by Gasteiger charge is 2.23. The van der Waals surface area contributed by atoms with Crippen molar-refractivity contribution in [2.45, 2.75) is 63.6 Å².